The highest BCUT2D eigenvalue weighted by molar-refractivity contribution is 5.93. The van der Waals surface area contributed by atoms with Crippen molar-refractivity contribution in [1.29, 1.82) is 0 Å². The van der Waals surface area contributed by atoms with Crippen molar-refractivity contribution in [3.63, 3.8) is 0 Å². The molecule has 0 heterocycles. The number of esters is 1. The third kappa shape index (κ3) is 3.54. The minimum atomic E-state index is -0.687. The second-order valence-electron chi connectivity index (χ2n) is 3.49. The maximum atomic E-state index is 11.4. The van der Waals surface area contributed by atoms with E-state index >= 15 is 0 Å². The molecule has 94 valence electrons. The maximum absolute atomic E-state index is 11.4. The summed E-state index contributed by atoms with van der Waals surface area (Å²) in [6.07, 6.45) is 1.45. The Kier molecular flexibility index (Phi) is 4.78. The van der Waals surface area contributed by atoms with Gasteiger partial charge < -0.3 is 9.47 Å². The van der Waals surface area contributed by atoms with Crippen molar-refractivity contribution in [2.75, 3.05) is 14.2 Å². The first-order chi connectivity index (χ1) is 8.60. The fraction of sp³-hybridized carbons (Fsp3) is 0.250. The fourth-order valence-corrected chi connectivity index (χ4v) is 1.42. The van der Waals surface area contributed by atoms with Crippen molar-refractivity contribution in [2.45, 2.75) is 6.92 Å². The van der Waals surface area contributed by atoms with Gasteiger partial charge in [-0.05, 0) is 41.8 Å². The Morgan fingerprint density at radius 3 is 2.67 bits per heavy atom. The van der Waals surface area contributed by atoms with Gasteiger partial charge in [-0.25, -0.2) is 4.79 Å². The highest BCUT2D eigenvalue weighted by atomic mass is 16.5. The number of methoxy groups -OCH3 is 2. The summed E-state index contributed by atoms with van der Waals surface area (Å²) in [5.74, 6) is -0.0281. The first kappa shape index (κ1) is 13.6. The minimum absolute atomic E-state index is 0.104. The largest absolute Gasteiger partial charge is 0.497 e. The molecule has 0 saturated heterocycles. The van der Waals surface area contributed by atoms with Crippen LogP contribution in [0.25, 0.3) is 16.5 Å². The molecule has 0 amide bonds. The number of rotatable bonds is 4. The van der Waals surface area contributed by atoms with Gasteiger partial charge in [-0.2, -0.15) is 0 Å². The average Bonchev–Trinajstić information content (AvgIpc) is 2.36. The molecular weight excluding hydrogens is 234 g/mol. The van der Waals surface area contributed by atoms with Gasteiger partial charge in [0.05, 0.1) is 14.2 Å². The van der Waals surface area contributed by atoms with E-state index in [2.05, 4.69) is 14.8 Å². The lowest BCUT2D eigenvalue weighted by atomic mass is 10.1. The SMILES string of the molecule is COC(=O)/C(=C/c1cc(C)cc(OC)c1)N=[N+]=[N-]. The van der Waals surface area contributed by atoms with Gasteiger partial charge in [0.1, 0.15) is 11.4 Å². The van der Waals surface area contributed by atoms with Crippen molar-refractivity contribution in [2.24, 2.45) is 5.11 Å². The van der Waals surface area contributed by atoms with Crippen LogP contribution in [0.5, 0.6) is 5.75 Å². The molecule has 0 spiro atoms. The molecule has 6 heteroatoms. The topological polar surface area (TPSA) is 84.3 Å². The van der Waals surface area contributed by atoms with Gasteiger partial charge in [-0.15, -0.1) is 0 Å². The molecule has 1 aromatic carbocycles. The van der Waals surface area contributed by atoms with Crippen molar-refractivity contribution < 1.29 is 14.3 Å². The van der Waals surface area contributed by atoms with Gasteiger partial charge in [0.15, 0.2) is 0 Å². The molecule has 0 aromatic heterocycles. The van der Waals surface area contributed by atoms with E-state index in [0.717, 1.165) is 5.56 Å². The monoisotopic (exact) mass is 247 g/mol. The lowest BCUT2D eigenvalue weighted by Gasteiger charge is -2.04. The van der Waals surface area contributed by atoms with Crippen molar-refractivity contribution in [1.82, 2.24) is 0 Å². The lowest BCUT2D eigenvalue weighted by molar-refractivity contribution is -0.136. The molecular formula is C12H13N3O3. The highest BCUT2D eigenvalue weighted by Gasteiger charge is 2.07. The zero-order chi connectivity index (χ0) is 13.5. The molecule has 0 fully saturated rings. The standard InChI is InChI=1S/C12H13N3O3/c1-8-4-9(6-10(5-8)17-2)7-11(14-15-13)12(16)18-3/h4-7H,1-3H3/b11-7-. The average molecular weight is 247 g/mol. The van der Waals surface area contributed by atoms with E-state index in [4.69, 9.17) is 10.3 Å². The van der Waals surface area contributed by atoms with Crippen LogP contribution < -0.4 is 4.74 Å². The molecule has 0 N–H and O–H groups in total. The van der Waals surface area contributed by atoms with Crippen LogP contribution in [-0.2, 0) is 9.53 Å². The van der Waals surface area contributed by atoms with Crippen LogP contribution in [-0.4, -0.2) is 20.2 Å². The second kappa shape index (κ2) is 6.32. The van der Waals surface area contributed by atoms with Crippen LogP contribution >= 0.6 is 0 Å². The number of aryl methyl sites for hydroxylation is 1. The van der Waals surface area contributed by atoms with Crippen molar-refractivity contribution in [3.05, 3.63) is 45.5 Å². The Morgan fingerprint density at radius 1 is 1.39 bits per heavy atom. The van der Waals surface area contributed by atoms with Gasteiger partial charge in [-0.3, -0.25) is 0 Å². The van der Waals surface area contributed by atoms with E-state index in [-0.39, 0.29) is 5.70 Å². The second-order valence-corrected chi connectivity index (χ2v) is 3.49. The van der Waals surface area contributed by atoms with Gasteiger partial charge in [-0.1, -0.05) is 11.2 Å². The number of nitrogens with zero attached hydrogens (tertiary/aromatic N) is 3. The van der Waals surface area contributed by atoms with Crippen LogP contribution in [0.3, 0.4) is 0 Å². The Labute approximate surface area is 104 Å². The molecule has 6 nitrogen and oxygen atoms in total. The van der Waals surface area contributed by atoms with E-state index in [1.807, 2.05) is 19.1 Å². The summed E-state index contributed by atoms with van der Waals surface area (Å²) in [4.78, 5) is 13.9. The first-order valence-electron chi connectivity index (χ1n) is 5.11. The summed E-state index contributed by atoms with van der Waals surface area (Å²) in [5, 5.41) is 3.30. The summed E-state index contributed by atoms with van der Waals surface area (Å²) in [6, 6.07) is 5.41. The molecule has 0 saturated carbocycles. The quantitative estimate of drug-likeness (QED) is 0.269. The van der Waals surface area contributed by atoms with E-state index in [1.165, 1.54) is 13.2 Å². The van der Waals surface area contributed by atoms with Gasteiger partial charge >= 0.3 is 5.97 Å². The summed E-state index contributed by atoms with van der Waals surface area (Å²) in [5.41, 5.74) is 9.95. The summed E-state index contributed by atoms with van der Waals surface area (Å²) < 4.78 is 9.64. The molecule has 0 aliphatic carbocycles. The van der Waals surface area contributed by atoms with Crippen LogP contribution in [0.15, 0.2) is 29.0 Å². The van der Waals surface area contributed by atoms with Crippen LogP contribution in [0.2, 0.25) is 0 Å². The van der Waals surface area contributed by atoms with Gasteiger partial charge in [0.2, 0.25) is 0 Å². The predicted octanol–water partition coefficient (Wildman–Crippen LogP) is 2.83. The van der Waals surface area contributed by atoms with E-state index in [1.54, 1.807) is 13.2 Å². The third-order valence-corrected chi connectivity index (χ3v) is 2.16. The minimum Gasteiger partial charge on any atom is -0.497 e. The Bertz CT molecular complexity index is 531. The molecule has 0 radical (unpaired) electrons. The number of carbonyl (C=O) groups excluding carboxylic acids is 1. The summed E-state index contributed by atoms with van der Waals surface area (Å²) in [7, 11) is 2.77. The van der Waals surface area contributed by atoms with Crippen LogP contribution in [0.4, 0.5) is 0 Å². The number of ether oxygens (including phenoxy) is 2. The highest BCUT2D eigenvalue weighted by Crippen LogP contribution is 2.19. The smallest absolute Gasteiger partial charge is 0.340 e. The number of benzene rings is 1. The first-order valence-corrected chi connectivity index (χ1v) is 5.11. The van der Waals surface area contributed by atoms with E-state index in [0.29, 0.717) is 11.3 Å². The molecule has 1 rings (SSSR count). The molecule has 0 aliphatic rings. The molecule has 0 aliphatic heterocycles. The number of hydrogen-bond acceptors (Lipinski definition) is 4. The molecule has 18 heavy (non-hydrogen) atoms. The van der Waals surface area contributed by atoms with Gasteiger partial charge in [0.25, 0.3) is 0 Å². The molecule has 0 unspecified atom stereocenters. The Hall–Kier alpha value is -2.46. The molecule has 0 atom stereocenters. The normalized spacial score (nSPS) is 10.5. The van der Waals surface area contributed by atoms with E-state index in [9.17, 15) is 4.79 Å². The maximum Gasteiger partial charge on any atom is 0.340 e. The summed E-state index contributed by atoms with van der Waals surface area (Å²) in [6.45, 7) is 1.89. The summed E-state index contributed by atoms with van der Waals surface area (Å²) >= 11 is 0. The fourth-order valence-electron chi connectivity index (χ4n) is 1.42. The van der Waals surface area contributed by atoms with Crippen LogP contribution in [0.1, 0.15) is 11.1 Å². The molecule has 1 aromatic rings. The van der Waals surface area contributed by atoms with E-state index < -0.39 is 5.97 Å². The Balaban J connectivity index is 3.23. The van der Waals surface area contributed by atoms with Crippen molar-refractivity contribution >= 4 is 12.0 Å². The van der Waals surface area contributed by atoms with Gasteiger partial charge in [0, 0.05) is 4.91 Å². The zero-order valence-corrected chi connectivity index (χ0v) is 10.4. The number of hydrogen-bond donors (Lipinski definition) is 0. The third-order valence-electron chi connectivity index (χ3n) is 2.16. The lowest BCUT2D eigenvalue weighted by Crippen LogP contribution is -2.02. The Morgan fingerprint density at radius 2 is 2.11 bits per heavy atom. The number of carbonyl (C=O) groups is 1. The number of azide groups is 1. The molecule has 0 bridgehead atoms. The predicted molar refractivity (Wildman–Crippen MR) is 66.9 cm³/mol. The zero-order valence-electron chi connectivity index (χ0n) is 10.4. The van der Waals surface area contributed by atoms with Crippen molar-refractivity contribution in [3.8, 4) is 5.75 Å². The van der Waals surface area contributed by atoms with Crippen LogP contribution in [0, 0.1) is 6.92 Å².